The van der Waals surface area contributed by atoms with Crippen LogP contribution < -0.4 is 0 Å². The second-order valence-corrected chi connectivity index (χ2v) is 7.49. The van der Waals surface area contributed by atoms with Gasteiger partial charge in [-0.05, 0) is 65.4 Å². The lowest BCUT2D eigenvalue weighted by Crippen LogP contribution is -2.20. The molecule has 126 valence electrons. The maximum absolute atomic E-state index is 13.8. The molecule has 0 saturated heterocycles. The van der Waals surface area contributed by atoms with Gasteiger partial charge in [-0.1, -0.05) is 24.0 Å². The Balaban J connectivity index is 2.66. The minimum absolute atomic E-state index is 0.0118. The second-order valence-electron chi connectivity index (χ2n) is 7.49. The van der Waals surface area contributed by atoms with Gasteiger partial charge >= 0.3 is 0 Å². The first-order valence-electron chi connectivity index (χ1n) is 7.86. The van der Waals surface area contributed by atoms with E-state index in [1.165, 1.54) is 6.07 Å². The van der Waals surface area contributed by atoms with E-state index in [2.05, 4.69) is 37.5 Å². The monoisotopic (exact) mass is 317 g/mol. The summed E-state index contributed by atoms with van der Waals surface area (Å²) in [6, 6.07) is 4.90. The van der Waals surface area contributed by atoms with Crippen LogP contribution in [0.1, 0.15) is 45.7 Å². The summed E-state index contributed by atoms with van der Waals surface area (Å²) < 4.78 is 13.8. The predicted octanol–water partition coefficient (Wildman–Crippen LogP) is 4.09. The molecule has 23 heavy (non-hydrogen) atoms. The van der Waals surface area contributed by atoms with E-state index in [0.717, 1.165) is 12.1 Å². The van der Waals surface area contributed by atoms with Crippen LogP contribution >= 0.6 is 0 Å². The Morgan fingerprint density at radius 3 is 2.43 bits per heavy atom. The Hall–Kier alpha value is -1.63. The van der Waals surface area contributed by atoms with Crippen molar-refractivity contribution < 1.29 is 9.50 Å². The highest BCUT2D eigenvalue weighted by molar-refractivity contribution is 5.29. The first-order chi connectivity index (χ1) is 10.5. The summed E-state index contributed by atoms with van der Waals surface area (Å²) in [6.45, 7) is 10.9. The van der Waals surface area contributed by atoms with Crippen molar-refractivity contribution >= 4 is 0 Å². The Labute approximate surface area is 140 Å². The quantitative estimate of drug-likeness (QED) is 0.827. The van der Waals surface area contributed by atoms with Gasteiger partial charge < -0.3 is 5.11 Å². The van der Waals surface area contributed by atoms with Crippen molar-refractivity contribution in [3.63, 3.8) is 0 Å². The fourth-order valence-electron chi connectivity index (χ4n) is 2.07. The lowest BCUT2D eigenvalue weighted by molar-refractivity contribution is 0.0744. The fourth-order valence-corrected chi connectivity index (χ4v) is 2.07. The Morgan fingerprint density at radius 2 is 1.87 bits per heavy atom. The standard InChI is InChI=1S/C20H28FNO/c1-19(2,3)12-8-7-9-13-22(6)15-16-10-11-18(21)17(14-16)20(4,5)23/h7,9-11,14,23H,13,15H2,1-6H3/b9-7+. The molecule has 1 aromatic rings. The van der Waals surface area contributed by atoms with Crippen molar-refractivity contribution in [3.05, 3.63) is 47.3 Å². The molecule has 1 rings (SSSR count). The number of hydrogen-bond donors (Lipinski definition) is 1. The van der Waals surface area contributed by atoms with Crippen LogP contribution in [0.2, 0.25) is 0 Å². The zero-order valence-electron chi connectivity index (χ0n) is 15.1. The summed E-state index contributed by atoms with van der Waals surface area (Å²) in [6.07, 6.45) is 3.88. The number of hydrogen-bond acceptors (Lipinski definition) is 2. The van der Waals surface area contributed by atoms with Crippen LogP contribution in [0.3, 0.4) is 0 Å². The van der Waals surface area contributed by atoms with E-state index in [0.29, 0.717) is 12.1 Å². The molecule has 0 fully saturated rings. The third-order valence-electron chi connectivity index (χ3n) is 3.21. The van der Waals surface area contributed by atoms with E-state index in [4.69, 9.17) is 0 Å². The largest absolute Gasteiger partial charge is 0.386 e. The summed E-state index contributed by atoms with van der Waals surface area (Å²) in [5, 5.41) is 10.0. The number of aliphatic hydroxyl groups is 1. The van der Waals surface area contributed by atoms with E-state index in [1.807, 2.05) is 19.2 Å². The van der Waals surface area contributed by atoms with Crippen LogP contribution in [0, 0.1) is 23.1 Å². The van der Waals surface area contributed by atoms with Gasteiger partial charge in [-0.3, -0.25) is 4.90 Å². The van der Waals surface area contributed by atoms with E-state index in [1.54, 1.807) is 26.0 Å². The Bertz CT molecular complexity index is 609. The SMILES string of the molecule is CN(C/C=C/C#CC(C)(C)C)Cc1ccc(F)c(C(C)(C)O)c1. The third kappa shape index (κ3) is 7.45. The third-order valence-corrected chi connectivity index (χ3v) is 3.21. The van der Waals surface area contributed by atoms with Crippen LogP contribution in [0.15, 0.2) is 30.4 Å². The number of nitrogens with zero attached hydrogens (tertiary/aromatic N) is 1. The van der Waals surface area contributed by atoms with Crippen molar-refractivity contribution in [2.24, 2.45) is 5.41 Å². The van der Waals surface area contributed by atoms with Gasteiger partial charge in [0.15, 0.2) is 0 Å². The molecular formula is C20H28FNO. The molecule has 0 aliphatic heterocycles. The molecule has 0 aromatic heterocycles. The number of allylic oxidation sites excluding steroid dienone is 1. The van der Waals surface area contributed by atoms with Gasteiger partial charge in [0.25, 0.3) is 0 Å². The molecule has 0 heterocycles. The molecule has 2 nitrogen and oxygen atoms in total. The topological polar surface area (TPSA) is 23.5 Å². The molecule has 0 aliphatic rings. The average molecular weight is 317 g/mol. The molecular weight excluding hydrogens is 289 g/mol. The summed E-state index contributed by atoms with van der Waals surface area (Å²) in [4.78, 5) is 2.11. The van der Waals surface area contributed by atoms with E-state index >= 15 is 0 Å². The molecule has 1 aromatic carbocycles. The van der Waals surface area contributed by atoms with Gasteiger partial charge in [-0.2, -0.15) is 0 Å². The first-order valence-corrected chi connectivity index (χ1v) is 7.86. The molecule has 0 amide bonds. The molecule has 0 aliphatic carbocycles. The van der Waals surface area contributed by atoms with Crippen molar-refractivity contribution in [1.29, 1.82) is 0 Å². The van der Waals surface area contributed by atoms with Crippen molar-refractivity contribution in [3.8, 4) is 11.8 Å². The van der Waals surface area contributed by atoms with Crippen molar-refractivity contribution in [2.45, 2.75) is 46.8 Å². The minimum atomic E-state index is -1.18. The van der Waals surface area contributed by atoms with Crippen LogP contribution in [0.5, 0.6) is 0 Å². The minimum Gasteiger partial charge on any atom is -0.386 e. The van der Waals surface area contributed by atoms with Crippen LogP contribution in [-0.2, 0) is 12.1 Å². The van der Waals surface area contributed by atoms with E-state index in [9.17, 15) is 9.50 Å². The predicted molar refractivity (Wildman–Crippen MR) is 94.3 cm³/mol. The normalized spacial score (nSPS) is 12.6. The Morgan fingerprint density at radius 1 is 1.22 bits per heavy atom. The molecule has 0 bridgehead atoms. The summed E-state index contributed by atoms with van der Waals surface area (Å²) in [5.74, 6) is 5.82. The number of rotatable bonds is 5. The van der Waals surface area contributed by atoms with Crippen LogP contribution in [0.4, 0.5) is 4.39 Å². The Kier molecular flexibility index (Phi) is 6.56. The van der Waals surface area contributed by atoms with Gasteiger partial charge in [-0.25, -0.2) is 4.39 Å². The van der Waals surface area contributed by atoms with E-state index < -0.39 is 5.60 Å². The lowest BCUT2D eigenvalue weighted by atomic mass is 9.96. The van der Waals surface area contributed by atoms with Crippen molar-refractivity contribution in [2.75, 3.05) is 13.6 Å². The maximum Gasteiger partial charge on any atom is 0.129 e. The molecule has 0 radical (unpaired) electrons. The summed E-state index contributed by atoms with van der Waals surface area (Å²) in [7, 11) is 1.99. The summed E-state index contributed by atoms with van der Waals surface area (Å²) >= 11 is 0. The smallest absolute Gasteiger partial charge is 0.129 e. The highest BCUT2D eigenvalue weighted by atomic mass is 19.1. The van der Waals surface area contributed by atoms with Gasteiger partial charge in [0.2, 0.25) is 0 Å². The molecule has 0 atom stereocenters. The lowest BCUT2D eigenvalue weighted by Gasteiger charge is -2.21. The fraction of sp³-hybridized carbons (Fsp3) is 0.500. The van der Waals surface area contributed by atoms with Gasteiger partial charge in [0.05, 0.1) is 5.60 Å². The molecule has 1 N–H and O–H groups in total. The van der Waals surface area contributed by atoms with Gasteiger partial charge in [-0.15, -0.1) is 0 Å². The zero-order chi connectivity index (χ0) is 17.7. The molecule has 0 spiro atoms. The number of benzene rings is 1. The average Bonchev–Trinajstić information content (AvgIpc) is 2.38. The van der Waals surface area contributed by atoms with Crippen LogP contribution in [0.25, 0.3) is 0 Å². The van der Waals surface area contributed by atoms with E-state index in [-0.39, 0.29) is 11.2 Å². The highest BCUT2D eigenvalue weighted by Crippen LogP contribution is 2.24. The number of halogens is 1. The number of likely N-dealkylation sites (N-methyl/N-ethyl adjacent to an activating group) is 1. The molecule has 0 unspecified atom stereocenters. The van der Waals surface area contributed by atoms with Crippen molar-refractivity contribution in [1.82, 2.24) is 4.90 Å². The molecule has 3 heteroatoms. The van der Waals surface area contributed by atoms with Crippen LogP contribution in [-0.4, -0.2) is 23.6 Å². The second kappa shape index (κ2) is 7.77. The maximum atomic E-state index is 13.8. The van der Waals surface area contributed by atoms with Gasteiger partial charge in [0.1, 0.15) is 5.82 Å². The summed E-state index contributed by atoms with van der Waals surface area (Å²) in [5.41, 5.74) is 0.133. The zero-order valence-corrected chi connectivity index (χ0v) is 15.1. The highest BCUT2D eigenvalue weighted by Gasteiger charge is 2.20. The first kappa shape index (κ1) is 19.4. The molecule has 0 saturated carbocycles. The van der Waals surface area contributed by atoms with Gasteiger partial charge in [0, 0.05) is 24.1 Å².